The highest BCUT2D eigenvalue weighted by Crippen LogP contribution is 2.38. The first-order valence-corrected chi connectivity index (χ1v) is 11.4. The summed E-state index contributed by atoms with van der Waals surface area (Å²) in [5.74, 6) is 0.116. The van der Waals surface area contributed by atoms with Gasteiger partial charge >= 0.3 is 0 Å². The minimum atomic E-state index is 0.116. The number of fused-ring (bicyclic) bond motifs is 5. The standard InChI is InChI=1S/C30H23N3O/c1-21(18-24(25-7-5-16-32-20-25)11-10-22-6-4-15-31-19-22)33-27-9-3-2-8-26(27)29-28(33)13-12-23-14-17-34-30(23)29/h2-17,19-20,24H,1,18H2. The van der Waals surface area contributed by atoms with Crippen molar-refractivity contribution >= 4 is 44.5 Å². The second-order valence-electron chi connectivity index (χ2n) is 8.46. The van der Waals surface area contributed by atoms with Crippen LogP contribution in [-0.2, 0) is 0 Å². The van der Waals surface area contributed by atoms with Crippen molar-refractivity contribution in [2.75, 3.05) is 0 Å². The zero-order chi connectivity index (χ0) is 22.9. The van der Waals surface area contributed by atoms with Crippen LogP contribution in [0.1, 0.15) is 23.5 Å². The smallest absolute Gasteiger partial charge is 0.143 e. The zero-order valence-corrected chi connectivity index (χ0v) is 18.6. The molecule has 4 heteroatoms. The van der Waals surface area contributed by atoms with Crippen molar-refractivity contribution in [3.8, 4) is 0 Å². The molecule has 0 saturated heterocycles. The molecule has 0 spiro atoms. The van der Waals surface area contributed by atoms with E-state index in [4.69, 9.17) is 4.42 Å². The van der Waals surface area contributed by atoms with Crippen LogP contribution in [-0.4, -0.2) is 14.5 Å². The van der Waals surface area contributed by atoms with Crippen LogP contribution < -0.4 is 0 Å². The Labute approximate surface area is 197 Å². The molecule has 4 nitrogen and oxygen atoms in total. The SMILES string of the molecule is C=C(CC(C=Cc1cccnc1)c1cccnc1)n1c2ccccc2c2c3occc3ccc21. The lowest BCUT2D eigenvalue weighted by atomic mass is 9.94. The lowest BCUT2D eigenvalue weighted by Crippen LogP contribution is -2.03. The molecule has 0 aliphatic rings. The molecule has 6 aromatic rings. The molecule has 4 heterocycles. The van der Waals surface area contributed by atoms with E-state index >= 15 is 0 Å². The highest BCUT2D eigenvalue weighted by Gasteiger charge is 2.19. The largest absolute Gasteiger partial charge is 0.464 e. The molecule has 1 unspecified atom stereocenters. The minimum Gasteiger partial charge on any atom is -0.464 e. The van der Waals surface area contributed by atoms with Gasteiger partial charge in [-0.15, -0.1) is 0 Å². The highest BCUT2D eigenvalue weighted by atomic mass is 16.3. The topological polar surface area (TPSA) is 43.9 Å². The van der Waals surface area contributed by atoms with Crippen molar-refractivity contribution in [1.29, 1.82) is 0 Å². The number of hydrogen-bond acceptors (Lipinski definition) is 3. The van der Waals surface area contributed by atoms with Gasteiger partial charge in [0.05, 0.1) is 22.7 Å². The van der Waals surface area contributed by atoms with Crippen molar-refractivity contribution in [1.82, 2.24) is 14.5 Å². The third-order valence-electron chi connectivity index (χ3n) is 6.34. The summed E-state index contributed by atoms with van der Waals surface area (Å²) in [4.78, 5) is 8.60. The maximum Gasteiger partial charge on any atom is 0.143 e. The first kappa shape index (κ1) is 20.2. The molecule has 0 amide bonds. The fourth-order valence-corrected chi connectivity index (χ4v) is 4.76. The molecule has 0 N–H and O–H groups in total. The number of pyridine rings is 2. The van der Waals surface area contributed by atoms with E-state index in [0.717, 1.165) is 50.6 Å². The lowest BCUT2D eigenvalue weighted by Gasteiger charge is -2.17. The van der Waals surface area contributed by atoms with Crippen LogP contribution in [0.5, 0.6) is 0 Å². The average molecular weight is 442 g/mol. The van der Waals surface area contributed by atoms with Crippen LogP contribution in [0.4, 0.5) is 0 Å². The molecule has 1 atom stereocenters. The predicted molar refractivity (Wildman–Crippen MR) is 139 cm³/mol. The molecule has 0 radical (unpaired) electrons. The Bertz CT molecular complexity index is 1640. The first-order chi connectivity index (χ1) is 16.8. The predicted octanol–water partition coefficient (Wildman–Crippen LogP) is 7.69. The van der Waals surface area contributed by atoms with E-state index in [1.165, 1.54) is 5.39 Å². The van der Waals surface area contributed by atoms with Gasteiger partial charge in [-0.25, -0.2) is 0 Å². The molecular weight excluding hydrogens is 418 g/mol. The van der Waals surface area contributed by atoms with E-state index in [9.17, 15) is 0 Å². The Kier molecular flexibility index (Phi) is 5.04. The fourth-order valence-electron chi connectivity index (χ4n) is 4.76. The van der Waals surface area contributed by atoms with Crippen LogP contribution in [0.3, 0.4) is 0 Å². The Morgan fingerprint density at radius 2 is 1.76 bits per heavy atom. The lowest BCUT2D eigenvalue weighted by molar-refractivity contribution is 0.619. The van der Waals surface area contributed by atoms with Gasteiger partial charge < -0.3 is 8.98 Å². The average Bonchev–Trinajstić information content (AvgIpc) is 3.50. The van der Waals surface area contributed by atoms with Crippen molar-refractivity contribution in [2.24, 2.45) is 0 Å². The number of allylic oxidation sites excluding steroid dienone is 2. The zero-order valence-electron chi connectivity index (χ0n) is 18.6. The molecular formula is C30H23N3O. The summed E-state index contributed by atoms with van der Waals surface area (Å²) in [5.41, 5.74) is 6.39. The number of aromatic nitrogens is 3. The molecule has 4 aromatic heterocycles. The van der Waals surface area contributed by atoms with Crippen molar-refractivity contribution in [2.45, 2.75) is 12.3 Å². The Morgan fingerprint density at radius 3 is 2.59 bits per heavy atom. The van der Waals surface area contributed by atoms with Crippen LogP contribution in [0.15, 0.2) is 115 Å². The first-order valence-electron chi connectivity index (χ1n) is 11.4. The van der Waals surface area contributed by atoms with Gasteiger partial charge in [0, 0.05) is 47.2 Å². The van der Waals surface area contributed by atoms with Gasteiger partial charge in [-0.05, 0) is 53.9 Å². The molecule has 0 bridgehead atoms. The van der Waals surface area contributed by atoms with E-state index in [1.807, 2.05) is 36.8 Å². The number of rotatable bonds is 6. The Morgan fingerprint density at radius 1 is 0.912 bits per heavy atom. The monoisotopic (exact) mass is 441 g/mol. The van der Waals surface area contributed by atoms with Crippen LogP contribution in [0, 0.1) is 0 Å². The van der Waals surface area contributed by atoms with Gasteiger partial charge in [0.25, 0.3) is 0 Å². The maximum atomic E-state index is 5.90. The summed E-state index contributed by atoms with van der Waals surface area (Å²) in [5, 5.41) is 3.40. The van der Waals surface area contributed by atoms with Crippen molar-refractivity contribution in [3.63, 3.8) is 0 Å². The summed E-state index contributed by atoms with van der Waals surface area (Å²) in [6.45, 7) is 4.55. The minimum absolute atomic E-state index is 0.116. The molecule has 0 saturated carbocycles. The van der Waals surface area contributed by atoms with Gasteiger partial charge in [-0.2, -0.15) is 0 Å². The van der Waals surface area contributed by atoms with Gasteiger partial charge in [0.2, 0.25) is 0 Å². The summed E-state index contributed by atoms with van der Waals surface area (Å²) < 4.78 is 8.17. The molecule has 0 fully saturated rings. The second-order valence-corrected chi connectivity index (χ2v) is 8.46. The number of benzene rings is 2. The molecule has 6 rings (SSSR count). The van der Waals surface area contributed by atoms with E-state index in [2.05, 4.69) is 81.8 Å². The van der Waals surface area contributed by atoms with E-state index in [-0.39, 0.29) is 5.92 Å². The fraction of sp³-hybridized carbons (Fsp3) is 0.0667. The third-order valence-corrected chi connectivity index (χ3v) is 6.34. The van der Waals surface area contributed by atoms with Crippen molar-refractivity contribution in [3.05, 3.63) is 122 Å². The molecule has 0 aliphatic heterocycles. The van der Waals surface area contributed by atoms with E-state index in [1.54, 1.807) is 12.5 Å². The van der Waals surface area contributed by atoms with E-state index in [0.29, 0.717) is 0 Å². The normalized spacial score (nSPS) is 12.7. The van der Waals surface area contributed by atoms with Crippen LogP contribution in [0.2, 0.25) is 0 Å². The molecule has 164 valence electrons. The quantitative estimate of drug-likeness (QED) is 0.266. The molecule has 0 aliphatic carbocycles. The number of hydrogen-bond donors (Lipinski definition) is 0. The number of para-hydroxylation sites is 1. The van der Waals surface area contributed by atoms with Crippen molar-refractivity contribution < 1.29 is 4.42 Å². The van der Waals surface area contributed by atoms with Gasteiger partial charge in [0.15, 0.2) is 0 Å². The Hall–Kier alpha value is -4.44. The molecule has 2 aromatic carbocycles. The van der Waals surface area contributed by atoms with E-state index < -0.39 is 0 Å². The highest BCUT2D eigenvalue weighted by molar-refractivity contribution is 6.19. The summed E-state index contributed by atoms with van der Waals surface area (Å²) in [6, 6.07) is 22.9. The molecule has 34 heavy (non-hydrogen) atoms. The number of furan rings is 1. The third kappa shape index (κ3) is 3.50. The summed E-state index contributed by atoms with van der Waals surface area (Å²) in [6.07, 6.45) is 14.2. The van der Waals surface area contributed by atoms with Gasteiger partial charge in [0.1, 0.15) is 5.58 Å². The van der Waals surface area contributed by atoms with Crippen LogP contribution >= 0.6 is 0 Å². The maximum absolute atomic E-state index is 5.90. The van der Waals surface area contributed by atoms with Gasteiger partial charge in [-0.3, -0.25) is 9.97 Å². The second kappa shape index (κ2) is 8.49. The number of nitrogens with zero attached hydrogens (tertiary/aromatic N) is 3. The summed E-state index contributed by atoms with van der Waals surface area (Å²) in [7, 11) is 0. The summed E-state index contributed by atoms with van der Waals surface area (Å²) >= 11 is 0. The Balaban J connectivity index is 1.46. The van der Waals surface area contributed by atoms with Gasteiger partial charge in [-0.1, -0.05) is 49.1 Å². The van der Waals surface area contributed by atoms with Crippen LogP contribution in [0.25, 0.3) is 44.5 Å².